The third-order valence-electron chi connectivity index (χ3n) is 6.18. The van der Waals surface area contributed by atoms with Crippen molar-refractivity contribution in [3.8, 4) is 34.4 Å². The summed E-state index contributed by atoms with van der Waals surface area (Å²) in [4.78, 5) is 6.57. The van der Waals surface area contributed by atoms with Crippen molar-refractivity contribution in [2.24, 2.45) is 0 Å². The Balaban J connectivity index is 2.15. The molecule has 0 unspecified atom stereocenters. The molecule has 0 saturated heterocycles. The number of halogens is 4. The van der Waals surface area contributed by atoms with E-state index >= 15 is 0 Å². The van der Waals surface area contributed by atoms with Gasteiger partial charge in [0.2, 0.25) is 0 Å². The van der Waals surface area contributed by atoms with Gasteiger partial charge in [-0.25, -0.2) is 37.8 Å². The molecule has 34 heavy (non-hydrogen) atoms. The molecule has 0 heterocycles. The van der Waals surface area contributed by atoms with Crippen LogP contribution in [0.5, 0.6) is 0 Å². The molecule has 0 aliphatic heterocycles. The fraction of sp³-hybridized carbons (Fsp3) is 0.0769. The number of hydrogen-bond donors (Lipinski definition) is 0. The summed E-state index contributed by atoms with van der Waals surface area (Å²) in [6, 6.07) is 7.11. The molecule has 2 aliphatic rings. The Morgan fingerprint density at radius 3 is 1.38 bits per heavy atom. The van der Waals surface area contributed by atoms with Gasteiger partial charge in [-0.15, -0.1) is 0 Å². The van der Waals surface area contributed by atoms with Crippen molar-refractivity contribution in [1.29, 1.82) is 10.5 Å². The van der Waals surface area contributed by atoms with E-state index in [1.165, 1.54) is 0 Å². The lowest BCUT2D eigenvalue weighted by Crippen LogP contribution is -2.25. The Kier molecular flexibility index (Phi) is 4.50. The first kappa shape index (κ1) is 21.0. The standard InChI is InChI=1S/C26H8F4N4/c1-33-21(9-31)25-17-7-13-16(4-12(28)6-19(13)29)24(17)26(22(10-32)34-2)18-8-14-15(23(18)25)3-11(27)5-20(14)30/h3-6H,7-8H2/b25-21-,26-22+. The van der Waals surface area contributed by atoms with Crippen LogP contribution in [0.25, 0.3) is 43.3 Å². The van der Waals surface area contributed by atoms with Crippen LogP contribution in [0.3, 0.4) is 0 Å². The van der Waals surface area contributed by atoms with Gasteiger partial charge in [-0.3, -0.25) is 0 Å². The highest BCUT2D eigenvalue weighted by Gasteiger charge is 2.34. The van der Waals surface area contributed by atoms with Crippen LogP contribution in [0.4, 0.5) is 17.6 Å². The Hall–Kier alpha value is -4.92. The van der Waals surface area contributed by atoms with E-state index in [2.05, 4.69) is 9.69 Å². The molecule has 4 nitrogen and oxygen atoms in total. The summed E-state index contributed by atoms with van der Waals surface area (Å²) in [6.45, 7) is 15.0. The molecule has 0 N–H and O–H groups in total. The van der Waals surface area contributed by atoms with Crippen LogP contribution in [-0.4, -0.2) is 0 Å². The lowest BCUT2D eigenvalue weighted by Gasteiger charge is -2.13. The fourth-order valence-corrected chi connectivity index (χ4v) is 4.96. The molecule has 3 aromatic carbocycles. The smallest absolute Gasteiger partial charge is 0.226 e. The monoisotopic (exact) mass is 452 g/mol. The molecule has 8 heteroatoms. The minimum atomic E-state index is -0.885. The summed E-state index contributed by atoms with van der Waals surface area (Å²) in [5.74, 6) is -3.49. The number of benzene rings is 3. The zero-order valence-corrected chi connectivity index (χ0v) is 17.0. The summed E-state index contributed by atoms with van der Waals surface area (Å²) >= 11 is 0. The van der Waals surface area contributed by atoms with Crippen molar-refractivity contribution in [1.82, 2.24) is 0 Å². The fourth-order valence-electron chi connectivity index (χ4n) is 4.96. The molecule has 0 radical (unpaired) electrons. The number of hydrogen-bond acceptors (Lipinski definition) is 2. The number of nitrogens with zero attached hydrogens (tertiary/aromatic N) is 4. The molecule has 0 bridgehead atoms. The highest BCUT2D eigenvalue weighted by Crippen LogP contribution is 2.42. The summed E-state index contributed by atoms with van der Waals surface area (Å²) in [5, 5.41) is 19.5. The van der Waals surface area contributed by atoms with Gasteiger partial charge in [0.05, 0.1) is 25.3 Å². The molecule has 3 aromatic rings. The molecule has 160 valence electrons. The molecule has 0 spiro atoms. The second kappa shape index (κ2) is 7.31. The summed E-state index contributed by atoms with van der Waals surface area (Å²) < 4.78 is 57.9. The molecular formula is C26H8F4N4. The minimum Gasteiger partial charge on any atom is -0.226 e. The van der Waals surface area contributed by atoms with Gasteiger partial charge in [-0.05, 0) is 45.5 Å². The van der Waals surface area contributed by atoms with Gasteiger partial charge in [-0.1, -0.05) is 0 Å². The van der Waals surface area contributed by atoms with E-state index in [4.69, 9.17) is 13.1 Å². The molecule has 5 rings (SSSR count). The van der Waals surface area contributed by atoms with Gasteiger partial charge in [0, 0.05) is 46.5 Å². The van der Waals surface area contributed by atoms with E-state index in [1.807, 2.05) is 0 Å². The molecular weight excluding hydrogens is 444 g/mol. The first-order valence-corrected chi connectivity index (χ1v) is 9.82. The quantitative estimate of drug-likeness (QED) is 0.257. The Bertz CT molecular complexity index is 1630. The van der Waals surface area contributed by atoms with Crippen LogP contribution in [0.2, 0.25) is 0 Å². The first-order valence-electron chi connectivity index (χ1n) is 9.82. The van der Waals surface area contributed by atoms with Gasteiger partial charge >= 0.3 is 0 Å². The average molecular weight is 452 g/mol. The molecule has 0 atom stereocenters. The molecule has 0 fully saturated rings. The van der Waals surface area contributed by atoms with E-state index in [9.17, 15) is 28.1 Å². The predicted molar refractivity (Wildman–Crippen MR) is 113 cm³/mol. The van der Waals surface area contributed by atoms with Crippen LogP contribution >= 0.6 is 0 Å². The Labute approximate surface area is 190 Å². The van der Waals surface area contributed by atoms with E-state index in [-0.39, 0.29) is 67.8 Å². The Morgan fingerprint density at radius 1 is 0.676 bits per heavy atom. The maximum Gasteiger partial charge on any atom is 0.269 e. The molecule has 2 aliphatic carbocycles. The second-order valence-corrected chi connectivity index (χ2v) is 7.78. The van der Waals surface area contributed by atoms with Crippen molar-refractivity contribution < 1.29 is 17.6 Å². The molecule has 0 aromatic heterocycles. The second-order valence-electron chi connectivity index (χ2n) is 7.78. The van der Waals surface area contributed by atoms with E-state index in [0.29, 0.717) is 12.1 Å². The topological polar surface area (TPSA) is 56.3 Å². The van der Waals surface area contributed by atoms with Crippen molar-refractivity contribution >= 4 is 11.4 Å². The van der Waals surface area contributed by atoms with Crippen LogP contribution < -0.4 is 10.4 Å². The zero-order chi connectivity index (χ0) is 24.3. The van der Waals surface area contributed by atoms with Gasteiger partial charge in [0.15, 0.2) is 0 Å². The molecule has 0 saturated carbocycles. The van der Waals surface area contributed by atoms with Crippen LogP contribution in [0.1, 0.15) is 22.3 Å². The maximum atomic E-state index is 14.7. The van der Waals surface area contributed by atoms with Gasteiger partial charge in [0.25, 0.3) is 11.4 Å². The zero-order valence-electron chi connectivity index (χ0n) is 17.0. The third-order valence-corrected chi connectivity index (χ3v) is 6.18. The normalized spacial score (nSPS) is 13.9. The van der Waals surface area contributed by atoms with Crippen LogP contribution in [0.15, 0.2) is 24.3 Å². The van der Waals surface area contributed by atoms with Crippen molar-refractivity contribution in [3.05, 3.63) is 103 Å². The SMILES string of the molecule is [C-]#[N+]/C(C#N)=c1/c2c(/c(=C(\C#N)[N+]#[C-])c3c1-c1cc(F)cc(F)c1C3)-c1cc(F)cc(F)c1C2. The number of rotatable bonds is 0. The lowest BCUT2D eigenvalue weighted by molar-refractivity contribution is 0.576. The minimum absolute atomic E-state index is 0.0493. The van der Waals surface area contributed by atoms with Crippen LogP contribution in [-0.2, 0) is 12.8 Å². The Morgan fingerprint density at radius 2 is 1.06 bits per heavy atom. The number of nitriles is 2. The van der Waals surface area contributed by atoms with E-state index in [0.717, 1.165) is 12.1 Å². The van der Waals surface area contributed by atoms with E-state index < -0.39 is 34.7 Å². The highest BCUT2D eigenvalue weighted by molar-refractivity contribution is 5.92. The number of fused-ring (bicyclic) bond motifs is 6. The van der Waals surface area contributed by atoms with Crippen molar-refractivity contribution in [2.75, 3.05) is 0 Å². The largest absolute Gasteiger partial charge is 0.269 e. The lowest BCUT2D eigenvalue weighted by atomic mass is 9.90. The first-order chi connectivity index (χ1) is 16.3. The van der Waals surface area contributed by atoms with Crippen LogP contribution in [0, 0.1) is 59.1 Å². The predicted octanol–water partition coefficient (Wildman–Crippen LogP) is 4.49. The summed E-state index contributed by atoms with van der Waals surface area (Å²) in [7, 11) is 0. The maximum absolute atomic E-state index is 14.7. The third kappa shape index (κ3) is 2.67. The van der Waals surface area contributed by atoms with Gasteiger partial charge < -0.3 is 0 Å². The van der Waals surface area contributed by atoms with Gasteiger partial charge in [0.1, 0.15) is 23.3 Å². The summed E-state index contributed by atoms with van der Waals surface area (Å²) in [6.07, 6.45) is -0.312. The highest BCUT2D eigenvalue weighted by atomic mass is 19.1. The summed E-state index contributed by atoms with van der Waals surface area (Å²) in [5.41, 5.74) is 0.318. The van der Waals surface area contributed by atoms with Gasteiger partial charge in [-0.2, -0.15) is 0 Å². The molecule has 0 amide bonds. The van der Waals surface area contributed by atoms with E-state index in [1.54, 1.807) is 12.1 Å². The van der Waals surface area contributed by atoms with Crippen molar-refractivity contribution in [2.45, 2.75) is 12.8 Å². The van der Waals surface area contributed by atoms with Crippen molar-refractivity contribution in [3.63, 3.8) is 0 Å². The average Bonchev–Trinajstić information content (AvgIpc) is 3.36.